The lowest BCUT2D eigenvalue weighted by atomic mass is 10.2. The van der Waals surface area contributed by atoms with Gasteiger partial charge in [0.15, 0.2) is 5.82 Å². The number of tetrazole rings is 1. The first kappa shape index (κ1) is 13.6. The molecule has 0 fully saturated rings. The van der Waals surface area contributed by atoms with Crippen molar-refractivity contribution >= 4 is 10.0 Å². The SMILES string of the molecule is Cc1ccc(F)cc1S(=O)(=O)NC(C)c1nn[nH]n1. The van der Waals surface area contributed by atoms with Crippen LogP contribution < -0.4 is 4.72 Å². The molecular weight excluding hydrogens is 273 g/mol. The fourth-order valence-corrected chi connectivity index (χ4v) is 3.02. The van der Waals surface area contributed by atoms with E-state index in [1.807, 2.05) is 0 Å². The van der Waals surface area contributed by atoms with Crippen molar-refractivity contribution in [2.24, 2.45) is 0 Å². The fourth-order valence-electron chi connectivity index (χ4n) is 1.57. The third-order valence-electron chi connectivity index (χ3n) is 2.52. The highest BCUT2D eigenvalue weighted by atomic mass is 32.2. The molecule has 0 saturated carbocycles. The molecule has 1 unspecified atom stereocenters. The largest absolute Gasteiger partial charge is 0.241 e. The highest BCUT2D eigenvalue weighted by Crippen LogP contribution is 2.18. The second-order valence-corrected chi connectivity index (χ2v) is 5.71. The van der Waals surface area contributed by atoms with Gasteiger partial charge in [-0.1, -0.05) is 11.3 Å². The average molecular weight is 285 g/mol. The number of benzene rings is 1. The molecule has 0 aliphatic heterocycles. The number of aromatic amines is 1. The Hall–Kier alpha value is -1.87. The Morgan fingerprint density at radius 1 is 1.42 bits per heavy atom. The number of sulfonamides is 1. The van der Waals surface area contributed by atoms with Gasteiger partial charge in [0.2, 0.25) is 10.0 Å². The van der Waals surface area contributed by atoms with Crippen molar-refractivity contribution in [3.8, 4) is 0 Å². The van der Waals surface area contributed by atoms with Gasteiger partial charge in [-0.05, 0) is 31.5 Å². The van der Waals surface area contributed by atoms with E-state index >= 15 is 0 Å². The van der Waals surface area contributed by atoms with Crippen molar-refractivity contribution in [3.05, 3.63) is 35.4 Å². The van der Waals surface area contributed by atoms with E-state index in [-0.39, 0.29) is 10.7 Å². The molecule has 19 heavy (non-hydrogen) atoms. The topological polar surface area (TPSA) is 101 Å². The minimum Gasteiger partial charge on any atom is -0.207 e. The lowest BCUT2D eigenvalue weighted by Gasteiger charge is -2.12. The summed E-state index contributed by atoms with van der Waals surface area (Å²) in [5.41, 5.74) is 0.453. The first-order chi connectivity index (χ1) is 8.90. The van der Waals surface area contributed by atoms with Crippen LogP contribution in [0.1, 0.15) is 24.4 Å². The van der Waals surface area contributed by atoms with Crippen LogP contribution in [0.15, 0.2) is 23.1 Å². The number of rotatable bonds is 4. The maximum Gasteiger partial charge on any atom is 0.241 e. The van der Waals surface area contributed by atoms with Crippen molar-refractivity contribution in [2.75, 3.05) is 0 Å². The van der Waals surface area contributed by atoms with Gasteiger partial charge < -0.3 is 0 Å². The predicted molar refractivity (Wildman–Crippen MR) is 64.1 cm³/mol. The Morgan fingerprint density at radius 3 is 2.79 bits per heavy atom. The van der Waals surface area contributed by atoms with E-state index in [1.54, 1.807) is 13.8 Å². The average Bonchev–Trinajstić information content (AvgIpc) is 2.85. The van der Waals surface area contributed by atoms with Gasteiger partial charge >= 0.3 is 0 Å². The molecule has 2 N–H and O–H groups in total. The zero-order valence-electron chi connectivity index (χ0n) is 10.3. The predicted octanol–water partition coefficient (Wildman–Crippen LogP) is 0.687. The van der Waals surface area contributed by atoms with Crippen LogP contribution in [0.3, 0.4) is 0 Å². The third kappa shape index (κ3) is 2.93. The molecule has 0 aliphatic carbocycles. The highest BCUT2D eigenvalue weighted by molar-refractivity contribution is 7.89. The molecule has 102 valence electrons. The van der Waals surface area contributed by atoms with Crippen LogP contribution >= 0.6 is 0 Å². The molecule has 2 aromatic rings. The summed E-state index contributed by atoms with van der Waals surface area (Å²) in [4.78, 5) is -0.108. The van der Waals surface area contributed by atoms with Crippen molar-refractivity contribution in [2.45, 2.75) is 24.8 Å². The Balaban J connectivity index is 2.30. The fraction of sp³-hybridized carbons (Fsp3) is 0.300. The molecule has 1 heterocycles. The molecule has 0 spiro atoms. The minimum atomic E-state index is -3.85. The molecular formula is C10H12FN5O2S. The number of nitrogens with one attached hydrogen (secondary N) is 2. The van der Waals surface area contributed by atoms with Crippen LogP contribution in [0.5, 0.6) is 0 Å². The van der Waals surface area contributed by atoms with E-state index in [1.165, 1.54) is 12.1 Å². The van der Waals surface area contributed by atoms with Crippen LogP contribution in [0.2, 0.25) is 0 Å². The standard InChI is InChI=1S/C10H12FN5O2S/c1-6-3-4-8(11)5-9(6)19(17,18)14-7(2)10-12-15-16-13-10/h3-5,7,14H,1-2H3,(H,12,13,15,16). The molecule has 0 aliphatic rings. The first-order valence-electron chi connectivity index (χ1n) is 5.42. The summed E-state index contributed by atoms with van der Waals surface area (Å²) in [5, 5.41) is 12.9. The molecule has 7 nitrogen and oxygen atoms in total. The molecule has 0 saturated heterocycles. The van der Waals surface area contributed by atoms with Crippen LogP contribution in [0.4, 0.5) is 4.39 Å². The van der Waals surface area contributed by atoms with Gasteiger partial charge in [-0.3, -0.25) is 0 Å². The van der Waals surface area contributed by atoms with E-state index < -0.39 is 21.9 Å². The van der Waals surface area contributed by atoms with Crippen LogP contribution in [-0.4, -0.2) is 29.0 Å². The van der Waals surface area contributed by atoms with Gasteiger partial charge in [-0.15, -0.1) is 10.2 Å². The number of aromatic nitrogens is 4. The number of nitrogens with zero attached hydrogens (tertiary/aromatic N) is 3. The summed E-state index contributed by atoms with van der Waals surface area (Å²) in [6, 6.07) is 2.91. The lowest BCUT2D eigenvalue weighted by molar-refractivity contribution is 0.556. The zero-order valence-corrected chi connectivity index (χ0v) is 11.1. The number of halogens is 1. The number of hydrogen-bond acceptors (Lipinski definition) is 5. The number of H-pyrrole nitrogens is 1. The Labute approximate surface area is 109 Å². The van der Waals surface area contributed by atoms with Gasteiger partial charge in [0, 0.05) is 0 Å². The molecule has 0 bridgehead atoms. The normalized spacial score (nSPS) is 13.4. The van der Waals surface area contributed by atoms with Crippen molar-refractivity contribution < 1.29 is 12.8 Å². The third-order valence-corrected chi connectivity index (χ3v) is 4.20. The van der Waals surface area contributed by atoms with E-state index in [2.05, 4.69) is 25.3 Å². The summed E-state index contributed by atoms with van der Waals surface area (Å²) in [5.74, 6) is -0.407. The molecule has 9 heteroatoms. The van der Waals surface area contributed by atoms with Crippen LogP contribution in [0.25, 0.3) is 0 Å². The quantitative estimate of drug-likeness (QED) is 0.860. The molecule has 1 aromatic carbocycles. The van der Waals surface area contributed by atoms with Gasteiger partial charge in [0.05, 0.1) is 10.9 Å². The number of hydrogen-bond donors (Lipinski definition) is 2. The summed E-state index contributed by atoms with van der Waals surface area (Å²) in [6.45, 7) is 3.16. The Morgan fingerprint density at radius 2 is 2.16 bits per heavy atom. The Kier molecular flexibility index (Phi) is 3.58. The molecule has 1 aromatic heterocycles. The Bertz CT molecular complexity index is 671. The second kappa shape index (κ2) is 5.02. The van der Waals surface area contributed by atoms with Crippen molar-refractivity contribution in [3.63, 3.8) is 0 Å². The van der Waals surface area contributed by atoms with Gasteiger partial charge in [-0.25, -0.2) is 17.5 Å². The molecule has 0 radical (unpaired) electrons. The first-order valence-corrected chi connectivity index (χ1v) is 6.90. The summed E-state index contributed by atoms with van der Waals surface area (Å²) < 4.78 is 39.8. The molecule has 1 atom stereocenters. The summed E-state index contributed by atoms with van der Waals surface area (Å²) in [7, 11) is -3.85. The monoisotopic (exact) mass is 285 g/mol. The zero-order chi connectivity index (χ0) is 14.0. The summed E-state index contributed by atoms with van der Waals surface area (Å²) >= 11 is 0. The van der Waals surface area contributed by atoms with E-state index in [4.69, 9.17) is 0 Å². The smallest absolute Gasteiger partial charge is 0.207 e. The van der Waals surface area contributed by atoms with Crippen molar-refractivity contribution in [1.82, 2.24) is 25.3 Å². The second-order valence-electron chi connectivity index (χ2n) is 4.02. The van der Waals surface area contributed by atoms with E-state index in [0.717, 1.165) is 6.07 Å². The summed E-state index contributed by atoms with van der Waals surface area (Å²) in [6.07, 6.45) is 0. The van der Waals surface area contributed by atoms with Crippen molar-refractivity contribution in [1.29, 1.82) is 0 Å². The van der Waals surface area contributed by atoms with E-state index in [0.29, 0.717) is 5.56 Å². The lowest BCUT2D eigenvalue weighted by Crippen LogP contribution is -2.28. The molecule has 2 rings (SSSR count). The van der Waals surface area contributed by atoms with Gasteiger partial charge in [0.1, 0.15) is 5.82 Å². The maximum atomic E-state index is 13.2. The minimum absolute atomic E-state index is 0.108. The van der Waals surface area contributed by atoms with E-state index in [9.17, 15) is 12.8 Å². The van der Waals surface area contributed by atoms with Gasteiger partial charge in [-0.2, -0.15) is 5.21 Å². The molecule has 0 amide bonds. The number of aryl methyl sites for hydroxylation is 1. The maximum absolute atomic E-state index is 13.2. The van der Waals surface area contributed by atoms with Gasteiger partial charge in [0.25, 0.3) is 0 Å². The van der Waals surface area contributed by atoms with Crippen LogP contribution in [0, 0.1) is 12.7 Å². The van der Waals surface area contributed by atoms with Crippen LogP contribution in [-0.2, 0) is 10.0 Å². The highest BCUT2D eigenvalue weighted by Gasteiger charge is 2.22.